The van der Waals surface area contributed by atoms with E-state index in [-0.39, 0.29) is 87.7 Å². The standard InChI is InChI=1S/C20H27N3O.C16H17BrClN3.C16H12N4O3.C14H11Cl2N3O4.C13H11Cl2N3O.C12H9Cl2N3O/c1-19(2,3)15-11-14(18(24)16(12-15)20(4,5)6)13-22-23-17-9-7-8-10-21-17;1-16(2,3)12-8-14(18)15(9-13(12)17)21-20-10-11-6-4-5-7-19-11;21-16-12(5-3-7-14(16)20(22)23)10-17-19-15-9-8-11-4-1-2-6-13(11)18-15;1-23-11-6-10(15)12(16)13(14(11)20)18-17-7-8-2-4-9(5-3-8)19(21)22;1-8-2-3-12(16-6-8)18-17-7-9-4-10(14)5-11(15)13(9)19;13-9-5-8(12(18)10(14)6-9)7-16-17-11-3-1-2-4-15-11/h7-13,24H,1-6H3,(H,21,23);4-10,21H,1-3H3;1-10,21H,(H,18,19);2-7,18,20H,1H3;2-7,19H,1H3,(H,16,18);1-7,18H,(H,15,17)/b22-13+;20-10+;17-10+;2*17-7+;16-7+. The van der Waals surface area contributed by atoms with E-state index in [4.69, 9.17) is 85.9 Å². The average Bonchev–Trinajstić information content (AvgIpc) is 0.787. The molecule has 0 saturated heterocycles. The zero-order valence-electron chi connectivity index (χ0n) is 70.4. The van der Waals surface area contributed by atoms with Crippen molar-refractivity contribution < 1.29 is 40.1 Å². The Balaban J connectivity index is 0.000000190. The molecule has 0 spiro atoms. The lowest BCUT2D eigenvalue weighted by Gasteiger charge is -2.26. The van der Waals surface area contributed by atoms with Crippen LogP contribution in [0.3, 0.4) is 0 Å². The quantitative estimate of drug-likeness (QED) is 0.0138. The normalized spacial score (nSPS) is 11.3. The summed E-state index contributed by atoms with van der Waals surface area (Å²) in [5, 5.41) is 98.6. The molecular weight excluding hydrogens is 1850 g/mol. The van der Waals surface area contributed by atoms with Crippen LogP contribution in [0.15, 0.2) is 260 Å². The van der Waals surface area contributed by atoms with Crippen molar-refractivity contribution in [3.8, 4) is 34.5 Å². The minimum atomic E-state index is -0.648. The number of anilines is 6. The number of hydrogen-bond donors (Lipinski definition) is 11. The summed E-state index contributed by atoms with van der Waals surface area (Å²) in [5.74, 6) is 2.05. The zero-order chi connectivity index (χ0) is 93.4. The number of fused-ring (bicyclic) bond motifs is 1. The molecule has 0 aliphatic heterocycles. The largest absolute Gasteiger partial charge is 0.507 e. The van der Waals surface area contributed by atoms with E-state index in [1.54, 1.807) is 73.6 Å². The fraction of sp³-hybridized carbons (Fsp3) is 0.154. The first-order valence-corrected chi connectivity index (χ1v) is 41.7. The Hall–Kier alpha value is -13.3. The number of halogens is 8. The number of nitrogens with one attached hydrogen (secondary N) is 6. The van der Waals surface area contributed by atoms with Crippen molar-refractivity contribution in [3.63, 3.8) is 0 Å². The van der Waals surface area contributed by atoms with Crippen LogP contribution in [-0.4, -0.2) is 105 Å². The summed E-state index contributed by atoms with van der Waals surface area (Å²) in [6.45, 7) is 21.2. The lowest BCUT2D eigenvalue weighted by Crippen LogP contribution is -2.17. The SMILES string of the molecule is CC(C)(C)c1cc(/C=N/Nc2ccccn2)c(O)c(C(C)(C)C)c1.CC(C)(C)c1cc(Cl)c(N/N=C/c2ccccn2)cc1Br.COc1cc(Cl)c(Cl)c(N/N=C/c2ccc([N+](=O)[O-])cc2)c1O.Cc1ccc(N/N=C/c2cc(Cl)cc(Cl)c2O)nc1.O=[N+]([O-])c1cccc(/C=N/Nc2ccc3ccccc3n2)c1O.Oc1c(Cl)cc(Cl)cc1/C=N/Nc1ccccn1. The Labute approximate surface area is 781 Å². The molecule has 29 nitrogen and oxygen atoms in total. The van der Waals surface area contributed by atoms with Crippen LogP contribution in [0.25, 0.3) is 10.9 Å². The van der Waals surface area contributed by atoms with Crippen molar-refractivity contribution in [3.05, 3.63) is 341 Å². The van der Waals surface area contributed by atoms with Gasteiger partial charge in [-0.3, -0.25) is 57.8 Å². The van der Waals surface area contributed by atoms with Crippen molar-refractivity contribution in [2.75, 3.05) is 39.7 Å². The van der Waals surface area contributed by atoms with Crippen LogP contribution in [0.2, 0.25) is 35.2 Å². The van der Waals surface area contributed by atoms with Crippen molar-refractivity contribution in [1.82, 2.24) is 24.9 Å². The third-order valence-corrected chi connectivity index (χ3v) is 20.1. The van der Waals surface area contributed by atoms with Crippen molar-refractivity contribution in [2.24, 2.45) is 30.6 Å². The molecule has 8 aromatic carbocycles. The van der Waals surface area contributed by atoms with Crippen LogP contribution in [0.5, 0.6) is 34.5 Å². The maximum atomic E-state index is 10.8. The van der Waals surface area contributed by atoms with E-state index in [2.05, 4.69) is 172 Å². The summed E-state index contributed by atoms with van der Waals surface area (Å²) in [6, 6.07) is 57.1. The minimum absolute atomic E-state index is 0.00922. The second kappa shape index (κ2) is 47.9. The zero-order valence-corrected chi connectivity index (χ0v) is 77.3. The molecule has 11 N–H and O–H groups in total. The fourth-order valence-corrected chi connectivity index (χ4v) is 13.2. The van der Waals surface area contributed by atoms with Crippen molar-refractivity contribution in [2.45, 2.75) is 85.5 Å². The Morgan fingerprint density at radius 3 is 1.46 bits per heavy atom. The van der Waals surface area contributed by atoms with Crippen LogP contribution in [0.4, 0.5) is 46.0 Å². The summed E-state index contributed by atoms with van der Waals surface area (Å²) >= 11 is 45.1. The summed E-state index contributed by atoms with van der Waals surface area (Å²) in [7, 11) is 1.38. The molecular formula is C91H87BrCl7N19O10. The Kier molecular flexibility index (Phi) is 37.4. The number of pyridine rings is 5. The van der Waals surface area contributed by atoms with Gasteiger partial charge >= 0.3 is 5.69 Å². The van der Waals surface area contributed by atoms with Crippen LogP contribution >= 0.6 is 97.1 Å². The molecule has 0 unspecified atom stereocenters. The number of phenols is 5. The van der Waals surface area contributed by atoms with Gasteiger partial charge < -0.3 is 30.3 Å². The second-order valence-electron chi connectivity index (χ2n) is 30.1. The summed E-state index contributed by atoms with van der Waals surface area (Å²) in [4.78, 5) is 41.1. The molecule has 5 aromatic heterocycles. The van der Waals surface area contributed by atoms with Gasteiger partial charge in [-0.05, 0) is 167 Å². The highest BCUT2D eigenvalue weighted by Gasteiger charge is 2.26. The van der Waals surface area contributed by atoms with Crippen molar-refractivity contribution in [1.29, 1.82) is 0 Å². The van der Waals surface area contributed by atoms with Crippen molar-refractivity contribution >= 4 is 191 Å². The van der Waals surface area contributed by atoms with Gasteiger partial charge in [-0.25, -0.2) is 19.9 Å². The molecule has 0 atom stereocenters. The lowest BCUT2D eigenvalue weighted by molar-refractivity contribution is -0.385. The third-order valence-electron chi connectivity index (χ3n) is 17.3. The molecule has 5 heterocycles. The first-order valence-electron chi connectivity index (χ1n) is 38.2. The monoisotopic (exact) mass is 1930 g/mol. The summed E-state index contributed by atoms with van der Waals surface area (Å²) in [5.41, 5.74) is 25.3. The number of methoxy groups -OCH3 is 1. The Bertz CT molecular complexity index is 6160. The van der Waals surface area contributed by atoms with E-state index >= 15 is 0 Å². The topological polar surface area (TPSA) is 407 Å². The number of rotatable bonds is 21. The Morgan fingerprint density at radius 2 is 0.945 bits per heavy atom. The number of para-hydroxylation sites is 2. The van der Waals surface area contributed by atoms with E-state index in [0.29, 0.717) is 60.6 Å². The highest BCUT2D eigenvalue weighted by atomic mass is 79.9. The fourth-order valence-electron chi connectivity index (χ4n) is 10.7. The molecule has 13 aromatic rings. The molecule has 0 radical (unpaired) electrons. The summed E-state index contributed by atoms with van der Waals surface area (Å²) in [6.07, 6.45) is 15.7. The molecule has 0 amide bonds. The smallest absolute Gasteiger partial charge is 0.311 e. The molecule has 0 aliphatic carbocycles. The van der Waals surface area contributed by atoms with Crippen LogP contribution in [0, 0.1) is 27.2 Å². The van der Waals surface area contributed by atoms with Gasteiger partial charge in [0.2, 0.25) is 5.75 Å². The number of nitrogens with zero attached hydrogens (tertiary/aromatic N) is 13. The molecule has 0 aliphatic rings. The predicted molar refractivity (Wildman–Crippen MR) is 523 cm³/mol. The molecule has 0 saturated carbocycles. The van der Waals surface area contributed by atoms with Gasteiger partial charge in [0.05, 0.1) is 96.3 Å². The number of nitro groups is 2. The van der Waals surface area contributed by atoms with E-state index in [1.165, 1.54) is 98.2 Å². The number of hydrazone groups is 6. The minimum Gasteiger partial charge on any atom is -0.507 e. The molecule has 0 bridgehead atoms. The number of phenolic OH excluding ortho intramolecular Hbond substituents is 5. The van der Waals surface area contributed by atoms with E-state index < -0.39 is 15.6 Å². The van der Waals surface area contributed by atoms with Crippen LogP contribution in [-0.2, 0) is 16.2 Å². The van der Waals surface area contributed by atoms with Gasteiger partial charge in [0.15, 0.2) is 11.5 Å². The van der Waals surface area contributed by atoms with Gasteiger partial charge in [-0.2, -0.15) is 30.6 Å². The average molecular weight is 1930 g/mol. The molecule has 662 valence electrons. The molecule has 37 heteroatoms. The molecule has 13 rings (SSSR count). The molecule has 0 fully saturated rings. The highest BCUT2D eigenvalue weighted by Crippen LogP contribution is 2.45. The third kappa shape index (κ3) is 31.1. The first kappa shape index (κ1) is 100. The van der Waals surface area contributed by atoms with Crippen LogP contribution in [0.1, 0.15) is 118 Å². The predicted octanol–water partition coefficient (Wildman–Crippen LogP) is 24.8. The second-order valence-corrected chi connectivity index (χ2v) is 33.8. The van der Waals surface area contributed by atoms with Gasteiger partial charge in [-0.15, -0.1) is 0 Å². The number of hydrogen-bond acceptors (Lipinski definition) is 27. The number of aromatic nitrogens is 5. The van der Waals surface area contributed by atoms with E-state index in [9.17, 15) is 45.8 Å². The van der Waals surface area contributed by atoms with Gasteiger partial charge in [-0.1, -0.05) is 214 Å². The summed E-state index contributed by atoms with van der Waals surface area (Å²) < 4.78 is 5.98. The highest BCUT2D eigenvalue weighted by molar-refractivity contribution is 9.10. The maximum Gasteiger partial charge on any atom is 0.311 e. The van der Waals surface area contributed by atoms with Gasteiger partial charge in [0.1, 0.15) is 46.2 Å². The van der Waals surface area contributed by atoms with Gasteiger partial charge in [0.25, 0.3) is 5.69 Å². The Morgan fingerprint density at radius 1 is 0.430 bits per heavy atom. The van der Waals surface area contributed by atoms with Gasteiger partial charge in [0, 0.05) is 96.8 Å². The van der Waals surface area contributed by atoms with Crippen LogP contribution < -0.4 is 37.3 Å². The lowest BCUT2D eigenvalue weighted by atomic mass is 9.79. The first-order chi connectivity index (χ1) is 60.8. The number of ether oxygens (including phenoxy) is 1. The number of aromatic hydroxyl groups is 5. The maximum absolute atomic E-state index is 10.8. The van der Waals surface area contributed by atoms with E-state index in [1.807, 2.05) is 104 Å². The molecule has 128 heavy (non-hydrogen) atoms. The number of benzene rings is 8. The number of aryl methyl sites for hydroxylation is 1. The number of nitro benzene ring substituents is 2. The van der Waals surface area contributed by atoms with E-state index in [0.717, 1.165) is 43.4 Å². The number of non-ortho nitro benzene ring substituents is 1.